The molecule has 1 aromatic carbocycles. The van der Waals surface area contributed by atoms with Crippen molar-refractivity contribution in [2.75, 3.05) is 40.0 Å². The van der Waals surface area contributed by atoms with Gasteiger partial charge in [0.2, 0.25) is 11.2 Å². The van der Waals surface area contributed by atoms with Gasteiger partial charge >= 0.3 is 5.97 Å². The lowest BCUT2D eigenvalue weighted by Crippen LogP contribution is -2.35. The van der Waals surface area contributed by atoms with E-state index in [2.05, 4.69) is 4.90 Å². The maximum absolute atomic E-state index is 12.5. The van der Waals surface area contributed by atoms with Gasteiger partial charge in [0.15, 0.2) is 5.76 Å². The molecular formula is C23H25NO7. The Balaban J connectivity index is 1.72. The topological polar surface area (TPSA) is 98.4 Å². The van der Waals surface area contributed by atoms with E-state index in [1.165, 1.54) is 13.2 Å². The highest BCUT2D eigenvalue weighted by atomic mass is 16.5. The summed E-state index contributed by atoms with van der Waals surface area (Å²) in [6.07, 6.45) is 1.81. The van der Waals surface area contributed by atoms with E-state index in [1.807, 2.05) is 30.3 Å². The Hall–Kier alpha value is -3.10. The third kappa shape index (κ3) is 4.81. The van der Waals surface area contributed by atoms with Crippen molar-refractivity contribution in [3.63, 3.8) is 0 Å². The zero-order valence-electron chi connectivity index (χ0n) is 17.3. The summed E-state index contributed by atoms with van der Waals surface area (Å²) in [5.41, 5.74) is 1.02. The van der Waals surface area contributed by atoms with Gasteiger partial charge in [-0.3, -0.25) is 14.5 Å². The minimum absolute atomic E-state index is 0.0513. The first-order valence-electron chi connectivity index (χ1n) is 10.2. The number of hydrogen-bond acceptors (Lipinski definition) is 8. The van der Waals surface area contributed by atoms with Crippen LogP contribution in [0.3, 0.4) is 0 Å². The van der Waals surface area contributed by atoms with Gasteiger partial charge in [0.25, 0.3) is 0 Å². The minimum atomic E-state index is -0.696. The van der Waals surface area contributed by atoms with Crippen LogP contribution in [0.25, 0.3) is 6.08 Å². The molecule has 8 heteroatoms. The average Bonchev–Trinajstić information content (AvgIpc) is 2.80. The highest BCUT2D eigenvalue weighted by Gasteiger charge is 2.30. The van der Waals surface area contributed by atoms with Gasteiger partial charge in [0, 0.05) is 24.7 Å². The zero-order valence-corrected chi connectivity index (χ0v) is 17.3. The number of aromatic hydroxyl groups is 1. The number of methoxy groups -OCH3 is 1. The van der Waals surface area contributed by atoms with Crippen LogP contribution in [0.1, 0.15) is 29.4 Å². The molecule has 0 radical (unpaired) electrons. The Labute approximate surface area is 179 Å². The molecule has 1 aromatic heterocycles. The molecule has 31 heavy (non-hydrogen) atoms. The zero-order chi connectivity index (χ0) is 21.8. The van der Waals surface area contributed by atoms with E-state index in [0.29, 0.717) is 31.1 Å². The van der Waals surface area contributed by atoms with E-state index in [9.17, 15) is 14.7 Å². The molecule has 2 aliphatic heterocycles. The second-order valence-corrected chi connectivity index (χ2v) is 7.56. The van der Waals surface area contributed by atoms with Crippen molar-refractivity contribution >= 4 is 12.0 Å². The van der Waals surface area contributed by atoms with E-state index in [-0.39, 0.29) is 18.8 Å². The molecule has 0 spiro atoms. The summed E-state index contributed by atoms with van der Waals surface area (Å²) < 4.78 is 22.0. The molecule has 2 aromatic rings. The lowest BCUT2D eigenvalue weighted by Gasteiger charge is -2.27. The van der Waals surface area contributed by atoms with Crippen LogP contribution in [0.2, 0.25) is 0 Å². The largest absolute Gasteiger partial charge is 0.502 e. The first-order valence-corrected chi connectivity index (χ1v) is 10.2. The van der Waals surface area contributed by atoms with E-state index in [1.54, 1.807) is 0 Å². The van der Waals surface area contributed by atoms with E-state index in [4.69, 9.17) is 18.6 Å². The molecule has 0 amide bonds. The third-order valence-electron chi connectivity index (χ3n) is 5.50. The van der Waals surface area contributed by atoms with Crippen LogP contribution in [-0.4, -0.2) is 56.0 Å². The Bertz CT molecular complexity index is 1040. The van der Waals surface area contributed by atoms with Crippen molar-refractivity contribution in [2.24, 2.45) is 0 Å². The van der Waals surface area contributed by atoms with Crippen molar-refractivity contribution in [3.05, 3.63) is 63.2 Å². The van der Waals surface area contributed by atoms with Gasteiger partial charge < -0.3 is 23.7 Å². The first kappa shape index (κ1) is 21.1. The SMILES string of the molecule is COC(=O)CC(C1=Cc2ccccc2OC1)c1oc(CN2CCOCC2)cc(=O)c1O. The van der Waals surface area contributed by atoms with E-state index >= 15 is 0 Å². The van der Waals surface area contributed by atoms with E-state index in [0.717, 1.165) is 24.4 Å². The molecule has 2 aliphatic rings. The smallest absolute Gasteiger partial charge is 0.306 e. The molecule has 1 saturated heterocycles. The minimum Gasteiger partial charge on any atom is -0.502 e. The standard InChI is InChI=1S/C23H25NO7/c1-28-21(26)12-18(16-10-15-4-2-3-5-20(15)30-14-16)23-22(27)19(25)11-17(31-23)13-24-6-8-29-9-7-24/h2-5,10-11,18,27H,6-9,12-14H2,1H3. The number of hydrogen-bond donors (Lipinski definition) is 1. The molecule has 1 atom stereocenters. The summed E-state index contributed by atoms with van der Waals surface area (Å²) in [6.45, 7) is 3.29. The maximum Gasteiger partial charge on any atom is 0.306 e. The summed E-state index contributed by atoms with van der Waals surface area (Å²) in [6, 6.07) is 8.82. The number of carbonyl (C=O) groups is 1. The number of esters is 1. The van der Waals surface area contributed by atoms with Crippen molar-refractivity contribution in [2.45, 2.75) is 18.9 Å². The predicted octanol–water partition coefficient (Wildman–Crippen LogP) is 2.30. The molecule has 8 nitrogen and oxygen atoms in total. The van der Waals surface area contributed by atoms with Gasteiger partial charge in [-0.1, -0.05) is 18.2 Å². The van der Waals surface area contributed by atoms with Gasteiger partial charge in [-0.05, 0) is 17.7 Å². The predicted molar refractivity (Wildman–Crippen MR) is 112 cm³/mol. The summed E-state index contributed by atoms with van der Waals surface area (Å²) in [5, 5.41) is 10.5. The summed E-state index contributed by atoms with van der Waals surface area (Å²) in [7, 11) is 1.30. The molecule has 1 N–H and O–H groups in total. The van der Waals surface area contributed by atoms with Crippen molar-refractivity contribution in [3.8, 4) is 11.5 Å². The third-order valence-corrected chi connectivity index (χ3v) is 5.50. The molecule has 1 fully saturated rings. The Kier molecular flexibility index (Phi) is 6.39. The molecule has 4 rings (SSSR count). The van der Waals surface area contributed by atoms with Crippen molar-refractivity contribution in [1.82, 2.24) is 4.90 Å². The summed E-state index contributed by atoms with van der Waals surface area (Å²) in [5.74, 6) is -0.472. The second kappa shape index (κ2) is 9.36. The molecule has 3 heterocycles. The van der Waals surface area contributed by atoms with Gasteiger partial charge in [-0.2, -0.15) is 0 Å². The number of morpholine rings is 1. The fourth-order valence-corrected chi connectivity index (χ4v) is 3.83. The summed E-state index contributed by atoms with van der Waals surface area (Å²) >= 11 is 0. The molecule has 0 saturated carbocycles. The van der Waals surface area contributed by atoms with Crippen LogP contribution in [0.15, 0.2) is 45.1 Å². The fraction of sp³-hybridized carbons (Fsp3) is 0.391. The van der Waals surface area contributed by atoms with Gasteiger partial charge in [-0.25, -0.2) is 0 Å². The van der Waals surface area contributed by atoms with Gasteiger partial charge in [-0.15, -0.1) is 0 Å². The van der Waals surface area contributed by atoms with E-state index < -0.39 is 23.1 Å². The number of fused-ring (bicyclic) bond motifs is 1. The molecule has 1 unspecified atom stereocenters. The first-order chi connectivity index (χ1) is 15.0. The summed E-state index contributed by atoms with van der Waals surface area (Å²) in [4.78, 5) is 26.8. The number of carbonyl (C=O) groups excluding carboxylic acids is 1. The van der Waals surface area contributed by atoms with Crippen LogP contribution >= 0.6 is 0 Å². The lowest BCUT2D eigenvalue weighted by atomic mass is 9.89. The van der Waals surface area contributed by atoms with Gasteiger partial charge in [0.05, 0.1) is 39.2 Å². The number of rotatable bonds is 6. The van der Waals surface area contributed by atoms with Crippen LogP contribution in [0, 0.1) is 0 Å². The monoisotopic (exact) mass is 427 g/mol. The lowest BCUT2D eigenvalue weighted by molar-refractivity contribution is -0.141. The van der Waals surface area contributed by atoms with Crippen LogP contribution < -0.4 is 10.2 Å². The maximum atomic E-state index is 12.5. The Morgan fingerprint density at radius 3 is 2.81 bits per heavy atom. The highest BCUT2D eigenvalue weighted by molar-refractivity contribution is 5.73. The molecular weight excluding hydrogens is 402 g/mol. The van der Waals surface area contributed by atoms with Crippen molar-refractivity contribution in [1.29, 1.82) is 0 Å². The normalized spacial score (nSPS) is 17.3. The van der Waals surface area contributed by atoms with Crippen LogP contribution in [-0.2, 0) is 20.8 Å². The molecule has 0 bridgehead atoms. The average molecular weight is 427 g/mol. The molecule has 0 aliphatic carbocycles. The highest BCUT2D eigenvalue weighted by Crippen LogP contribution is 2.38. The van der Waals surface area contributed by atoms with Crippen molar-refractivity contribution < 1.29 is 28.5 Å². The van der Waals surface area contributed by atoms with Crippen LogP contribution in [0.5, 0.6) is 11.5 Å². The molecule has 164 valence electrons. The number of para-hydroxylation sites is 1. The van der Waals surface area contributed by atoms with Gasteiger partial charge in [0.1, 0.15) is 18.1 Å². The Morgan fingerprint density at radius 1 is 1.26 bits per heavy atom. The second-order valence-electron chi connectivity index (χ2n) is 7.56. The number of nitrogens with zero attached hydrogens (tertiary/aromatic N) is 1. The number of benzene rings is 1. The Morgan fingerprint density at radius 2 is 2.03 bits per heavy atom. The van der Waals surface area contributed by atoms with Crippen LogP contribution in [0.4, 0.5) is 0 Å². The number of ether oxygens (including phenoxy) is 3. The fourth-order valence-electron chi connectivity index (χ4n) is 3.83. The quantitative estimate of drug-likeness (QED) is 0.702.